The van der Waals surface area contributed by atoms with E-state index in [1.165, 1.54) is 5.56 Å². The van der Waals surface area contributed by atoms with Crippen LogP contribution in [-0.2, 0) is 16.1 Å². The summed E-state index contributed by atoms with van der Waals surface area (Å²) in [5, 5.41) is 4.10. The van der Waals surface area contributed by atoms with Crippen molar-refractivity contribution >= 4 is 29.2 Å². The first-order valence-electron chi connectivity index (χ1n) is 14.2. The number of benzene rings is 1. The number of carbonyl (C=O) groups is 2. The van der Waals surface area contributed by atoms with Gasteiger partial charge in [0.15, 0.2) is 0 Å². The number of anilines is 1. The Morgan fingerprint density at radius 3 is 2.29 bits per heavy atom. The molecule has 38 heavy (non-hydrogen) atoms. The number of nitrogens with zero attached hydrogens (tertiary/aromatic N) is 3. The van der Waals surface area contributed by atoms with Gasteiger partial charge in [0.05, 0.1) is 6.04 Å². The third-order valence-electron chi connectivity index (χ3n) is 8.76. The van der Waals surface area contributed by atoms with E-state index in [1.54, 1.807) is 6.20 Å². The summed E-state index contributed by atoms with van der Waals surface area (Å²) in [4.78, 5) is 35.0. The first-order valence-corrected chi connectivity index (χ1v) is 14.6. The number of piperidine rings is 2. The molecule has 2 saturated heterocycles. The van der Waals surface area contributed by atoms with E-state index in [0.29, 0.717) is 22.7 Å². The fraction of sp³-hybridized carbons (Fsp3) is 0.567. The highest BCUT2D eigenvalue weighted by Crippen LogP contribution is 2.34. The molecule has 0 bridgehead atoms. The highest BCUT2D eigenvalue weighted by atomic mass is 35.5. The minimum atomic E-state index is -0.0388. The van der Waals surface area contributed by atoms with Crippen molar-refractivity contribution in [2.75, 3.05) is 31.9 Å². The molecule has 2 amide bonds. The van der Waals surface area contributed by atoms with Crippen molar-refractivity contribution in [1.82, 2.24) is 20.1 Å². The van der Waals surface area contributed by atoms with E-state index in [1.807, 2.05) is 36.4 Å². The maximum absolute atomic E-state index is 13.4. The lowest BCUT2D eigenvalue weighted by Crippen LogP contribution is -2.47. The summed E-state index contributed by atoms with van der Waals surface area (Å²) in [5.74, 6) is 1.57. The molecular formula is C30H40ClN5O2. The first kappa shape index (κ1) is 26.9. The van der Waals surface area contributed by atoms with Gasteiger partial charge in [-0.25, -0.2) is 4.98 Å². The van der Waals surface area contributed by atoms with Gasteiger partial charge in [-0.1, -0.05) is 36.6 Å². The maximum atomic E-state index is 13.4. The van der Waals surface area contributed by atoms with Crippen LogP contribution in [0.1, 0.15) is 68.5 Å². The zero-order chi connectivity index (χ0) is 26.5. The number of nitrogen functional groups attached to an aromatic ring is 1. The van der Waals surface area contributed by atoms with E-state index in [2.05, 4.69) is 20.1 Å². The van der Waals surface area contributed by atoms with Crippen molar-refractivity contribution < 1.29 is 9.59 Å². The number of nitrogens with two attached hydrogens (primary N) is 1. The fourth-order valence-electron chi connectivity index (χ4n) is 6.50. The monoisotopic (exact) mass is 537 g/mol. The minimum absolute atomic E-state index is 0.0388. The molecule has 8 heteroatoms. The summed E-state index contributed by atoms with van der Waals surface area (Å²) in [6.45, 7) is 4.19. The molecule has 3 N–H and O–H groups in total. The Hall–Kier alpha value is -2.64. The Labute approximate surface area is 231 Å². The van der Waals surface area contributed by atoms with E-state index >= 15 is 0 Å². The van der Waals surface area contributed by atoms with Gasteiger partial charge in [-0.05, 0) is 92.9 Å². The molecule has 1 aliphatic carbocycles. The Bertz CT molecular complexity index is 1090. The van der Waals surface area contributed by atoms with Crippen LogP contribution < -0.4 is 11.1 Å². The maximum Gasteiger partial charge on any atom is 0.225 e. The fourth-order valence-corrected chi connectivity index (χ4v) is 6.63. The number of carbonyl (C=O) groups excluding carboxylic acids is 2. The molecule has 1 aromatic heterocycles. The van der Waals surface area contributed by atoms with Gasteiger partial charge in [-0.2, -0.15) is 0 Å². The number of rotatable bonds is 7. The number of halogens is 1. The van der Waals surface area contributed by atoms with Crippen molar-refractivity contribution in [1.29, 1.82) is 0 Å². The van der Waals surface area contributed by atoms with E-state index in [-0.39, 0.29) is 23.8 Å². The lowest BCUT2D eigenvalue weighted by atomic mass is 9.84. The Morgan fingerprint density at radius 2 is 1.63 bits per heavy atom. The molecule has 3 aliphatic rings. The van der Waals surface area contributed by atoms with Gasteiger partial charge in [0.2, 0.25) is 11.8 Å². The molecular weight excluding hydrogens is 498 g/mol. The predicted octanol–water partition coefficient (Wildman–Crippen LogP) is 4.82. The molecule has 204 valence electrons. The van der Waals surface area contributed by atoms with Crippen LogP contribution >= 0.6 is 11.6 Å². The number of amides is 2. The zero-order valence-electron chi connectivity index (χ0n) is 22.2. The van der Waals surface area contributed by atoms with Crippen LogP contribution in [0.4, 0.5) is 5.82 Å². The average Bonchev–Trinajstić information content (AvgIpc) is 3.48. The Balaban J connectivity index is 1.14. The number of pyridine rings is 1. The SMILES string of the molecule is Nc1cc(CN2CCC(C(=O)N3CCC(C(NC(=O)C4CCCC4)c4ccc(Cl)cc4)CC3)CC2)ccn1. The molecule has 1 saturated carbocycles. The standard InChI is InChI=1S/C30H40ClN5O2/c31-26-7-5-22(6-8-26)28(34-29(37)24-3-1-2-4-24)23-12-17-36(18-13-23)30(38)25-10-15-35(16-11-25)20-21-9-14-33-27(32)19-21/h5-9,14,19,23-25,28H,1-4,10-13,15-18,20H2,(H2,32,33)(H,34,37). The molecule has 5 rings (SSSR count). The van der Waals surface area contributed by atoms with Gasteiger partial charge in [0, 0.05) is 42.7 Å². The number of nitrogens with one attached hydrogen (secondary N) is 1. The highest BCUT2D eigenvalue weighted by molar-refractivity contribution is 6.30. The first-order chi connectivity index (χ1) is 18.5. The van der Waals surface area contributed by atoms with Gasteiger partial charge < -0.3 is 16.0 Å². The summed E-state index contributed by atoms with van der Waals surface area (Å²) in [5.41, 5.74) is 8.09. The smallest absolute Gasteiger partial charge is 0.225 e. The summed E-state index contributed by atoms with van der Waals surface area (Å²) < 4.78 is 0. The van der Waals surface area contributed by atoms with E-state index in [0.717, 1.165) is 89.7 Å². The van der Waals surface area contributed by atoms with Crippen molar-refractivity contribution in [2.24, 2.45) is 17.8 Å². The molecule has 2 aromatic rings. The second-order valence-electron chi connectivity index (χ2n) is 11.3. The second kappa shape index (κ2) is 12.5. The Morgan fingerprint density at radius 1 is 0.947 bits per heavy atom. The zero-order valence-corrected chi connectivity index (χ0v) is 22.9. The molecule has 0 radical (unpaired) electrons. The van der Waals surface area contributed by atoms with Crippen LogP contribution in [0.2, 0.25) is 5.02 Å². The van der Waals surface area contributed by atoms with Crippen molar-refractivity contribution in [2.45, 2.75) is 64.0 Å². The summed E-state index contributed by atoms with van der Waals surface area (Å²) >= 11 is 6.15. The molecule has 0 spiro atoms. The molecule has 1 aromatic carbocycles. The van der Waals surface area contributed by atoms with Gasteiger partial charge in [-0.3, -0.25) is 14.5 Å². The van der Waals surface area contributed by atoms with E-state index in [9.17, 15) is 9.59 Å². The quantitative estimate of drug-likeness (QED) is 0.528. The lowest BCUT2D eigenvalue weighted by Gasteiger charge is -2.39. The molecule has 3 fully saturated rings. The van der Waals surface area contributed by atoms with Crippen LogP contribution in [0.5, 0.6) is 0 Å². The number of likely N-dealkylation sites (tertiary alicyclic amines) is 2. The third kappa shape index (κ3) is 6.67. The normalized spacial score (nSPS) is 20.9. The number of aromatic nitrogens is 1. The summed E-state index contributed by atoms with van der Waals surface area (Å²) in [6.07, 6.45) is 9.58. The van der Waals surface area contributed by atoms with Crippen LogP contribution in [0.3, 0.4) is 0 Å². The molecule has 1 atom stereocenters. The van der Waals surface area contributed by atoms with Gasteiger partial charge in [-0.15, -0.1) is 0 Å². The average molecular weight is 538 g/mol. The van der Waals surface area contributed by atoms with Gasteiger partial charge in [0.25, 0.3) is 0 Å². The lowest BCUT2D eigenvalue weighted by molar-refractivity contribution is -0.139. The summed E-state index contributed by atoms with van der Waals surface area (Å²) in [7, 11) is 0. The third-order valence-corrected chi connectivity index (χ3v) is 9.02. The topological polar surface area (TPSA) is 91.6 Å². The van der Waals surface area contributed by atoms with Crippen LogP contribution in [0.25, 0.3) is 0 Å². The largest absolute Gasteiger partial charge is 0.384 e. The molecule has 1 unspecified atom stereocenters. The Kier molecular flexibility index (Phi) is 8.85. The van der Waals surface area contributed by atoms with E-state index in [4.69, 9.17) is 17.3 Å². The number of hydrogen-bond donors (Lipinski definition) is 2. The molecule has 3 heterocycles. The van der Waals surface area contributed by atoms with Crippen molar-refractivity contribution in [3.63, 3.8) is 0 Å². The van der Waals surface area contributed by atoms with Crippen LogP contribution in [0.15, 0.2) is 42.6 Å². The van der Waals surface area contributed by atoms with Gasteiger partial charge in [0.1, 0.15) is 5.82 Å². The van der Waals surface area contributed by atoms with Gasteiger partial charge >= 0.3 is 0 Å². The number of hydrogen-bond acceptors (Lipinski definition) is 5. The van der Waals surface area contributed by atoms with Crippen molar-refractivity contribution in [3.8, 4) is 0 Å². The van der Waals surface area contributed by atoms with Crippen LogP contribution in [0, 0.1) is 17.8 Å². The minimum Gasteiger partial charge on any atom is -0.384 e. The molecule has 7 nitrogen and oxygen atoms in total. The second-order valence-corrected chi connectivity index (χ2v) is 11.8. The summed E-state index contributed by atoms with van der Waals surface area (Å²) in [6, 6.07) is 11.8. The van der Waals surface area contributed by atoms with Crippen molar-refractivity contribution in [3.05, 3.63) is 58.7 Å². The molecule has 2 aliphatic heterocycles. The highest BCUT2D eigenvalue weighted by Gasteiger charge is 2.35. The predicted molar refractivity (Wildman–Crippen MR) is 150 cm³/mol. The van der Waals surface area contributed by atoms with E-state index < -0.39 is 0 Å². The van der Waals surface area contributed by atoms with Crippen LogP contribution in [-0.4, -0.2) is 52.8 Å².